The minimum Gasteiger partial charge on any atom is -0.320 e. The maximum atomic E-state index is 13.2. The number of allylic oxidation sites excluding steroid dienone is 1. The molecule has 0 saturated heterocycles. The smallest absolute Gasteiger partial charge is 0.320 e. The Hall–Kier alpha value is -1.35. The van der Waals surface area contributed by atoms with Gasteiger partial charge < -0.3 is 5.32 Å². The molecule has 0 aromatic heterocycles. The second-order valence-corrected chi connectivity index (χ2v) is 5.14. The highest BCUT2D eigenvalue weighted by molar-refractivity contribution is 5.82. The summed E-state index contributed by atoms with van der Waals surface area (Å²) >= 11 is 0. The molecule has 1 heterocycles. The van der Waals surface area contributed by atoms with Crippen molar-refractivity contribution in [2.45, 2.75) is 44.1 Å². The van der Waals surface area contributed by atoms with Crippen LogP contribution in [0.5, 0.6) is 0 Å². The van der Waals surface area contributed by atoms with Gasteiger partial charge in [0.05, 0.1) is 5.70 Å². The first kappa shape index (κ1) is 15.0. The summed E-state index contributed by atoms with van der Waals surface area (Å²) in [4.78, 5) is 3.69. The molecule has 114 valence electrons. The number of rotatable bonds is 1. The van der Waals surface area contributed by atoms with E-state index in [-0.39, 0.29) is 5.70 Å². The Balaban J connectivity index is 2.51. The third-order valence-electron chi connectivity index (χ3n) is 3.59. The number of aliphatic imine (C=N–C) groups is 1. The fraction of sp³-hybridized carbons (Fsp3) is 0.727. The van der Waals surface area contributed by atoms with E-state index < -0.39 is 29.4 Å². The van der Waals surface area contributed by atoms with E-state index in [1.54, 1.807) is 0 Å². The molecule has 0 aromatic carbocycles. The lowest BCUT2D eigenvalue weighted by Gasteiger charge is -2.37. The van der Waals surface area contributed by atoms with Crippen LogP contribution in [0.4, 0.5) is 17.7 Å². The van der Waals surface area contributed by atoms with Crippen molar-refractivity contribution in [3.05, 3.63) is 11.3 Å². The molecular weight excluding hydrogens is 278 g/mol. The van der Waals surface area contributed by atoms with Gasteiger partial charge in [0.15, 0.2) is 5.79 Å². The van der Waals surface area contributed by atoms with Gasteiger partial charge in [-0.05, 0) is 12.8 Å². The summed E-state index contributed by atoms with van der Waals surface area (Å²) in [7, 11) is 0. The van der Waals surface area contributed by atoms with Gasteiger partial charge >= 0.3 is 6.18 Å². The first-order valence-corrected chi connectivity index (χ1v) is 6.39. The Morgan fingerprint density at radius 1 is 1.20 bits per heavy atom. The number of hydrogen-bond acceptors (Lipinski definition) is 5. The summed E-state index contributed by atoms with van der Waals surface area (Å²) < 4.78 is 52.2. The van der Waals surface area contributed by atoms with Crippen LogP contribution in [-0.4, -0.2) is 17.9 Å². The first-order valence-electron chi connectivity index (χ1n) is 6.39. The summed E-state index contributed by atoms with van der Waals surface area (Å²) in [5, 5.41) is 2.01. The average molecular weight is 295 g/mol. The quantitative estimate of drug-likeness (QED) is 0.334. The molecule has 2 rings (SSSR count). The lowest BCUT2D eigenvalue weighted by atomic mass is 9.83. The molecule has 2 aliphatic rings. The van der Waals surface area contributed by atoms with Crippen molar-refractivity contribution in [2.24, 2.45) is 22.4 Å². The first-order chi connectivity index (χ1) is 9.25. The average Bonchev–Trinajstić information content (AvgIpc) is 2.36. The Kier molecular flexibility index (Phi) is 3.92. The number of nitrogens with one attached hydrogen (secondary N) is 2. The van der Waals surface area contributed by atoms with Crippen molar-refractivity contribution in [3.63, 3.8) is 0 Å². The van der Waals surface area contributed by atoms with E-state index in [0.717, 1.165) is 19.3 Å². The van der Waals surface area contributed by atoms with Crippen LogP contribution in [0.15, 0.2) is 16.3 Å². The zero-order valence-electron chi connectivity index (χ0n) is 10.7. The second kappa shape index (κ2) is 5.21. The molecule has 1 aliphatic heterocycles. The van der Waals surface area contributed by atoms with Crippen LogP contribution in [0.25, 0.3) is 0 Å². The maximum Gasteiger partial charge on any atom is 0.419 e. The maximum absolute atomic E-state index is 13.2. The van der Waals surface area contributed by atoms with Gasteiger partial charge in [0.25, 0.3) is 0 Å². The van der Waals surface area contributed by atoms with E-state index in [1.807, 2.05) is 5.32 Å². The van der Waals surface area contributed by atoms with Crippen LogP contribution in [-0.2, 0) is 0 Å². The molecule has 0 amide bonds. The molecule has 20 heavy (non-hydrogen) atoms. The number of hydrogen-bond donors (Lipinski definition) is 4. The highest BCUT2D eigenvalue weighted by Gasteiger charge is 2.50. The Labute approximate surface area is 113 Å². The number of halogens is 4. The lowest BCUT2D eigenvalue weighted by molar-refractivity contribution is -0.104. The number of alkyl halides is 3. The molecule has 1 fully saturated rings. The van der Waals surface area contributed by atoms with E-state index in [4.69, 9.17) is 11.5 Å². The summed E-state index contributed by atoms with van der Waals surface area (Å²) in [5.41, 5.74) is 10.7. The van der Waals surface area contributed by atoms with Gasteiger partial charge in [-0.1, -0.05) is 19.3 Å². The lowest BCUT2D eigenvalue weighted by Crippen LogP contribution is -2.69. The van der Waals surface area contributed by atoms with Gasteiger partial charge in [-0.2, -0.15) is 18.7 Å². The van der Waals surface area contributed by atoms with Crippen molar-refractivity contribution in [2.75, 3.05) is 0 Å². The minimum atomic E-state index is -4.73. The monoisotopic (exact) mass is 295 g/mol. The normalized spacial score (nSPS) is 24.2. The Bertz CT molecular complexity index is 435. The van der Waals surface area contributed by atoms with Crippen molar-refractivity contribution < 1.29 is 17.7 Å². The van der Waals surface area contributed by atoms with Crippen molar-refractivity contribution >= 4 is 5.96 Å². The summed E-state index contributed by atoms with van der Waals surface area (Å²) in [5.74, 6) is -3.30. The summed E-state index contributed by atoms with van der Waals surface area (Å²) in [6.07, 6.45) is -1.01. The van der Waals surface area contributed by atoms with Gasteiger partial charge in [0.2, 0.25) is 5.96 Å². The van der Waals surface area contributed by atoms with Gasteiger partial charge in [-0.25, -0.2) is 4.99 Å². The van der Waals surface area contributed by atoms with Gasteiger partial charge in [-0.15, -0.1) is 4.48 Å². The van der Waals surface area contributed by atoms with Gasteiger partial charge in [-0.3, -0.25) is 11.5 Å². The molecule has 0 bridgehead atoms. The van der Waals surface area contributed by atoms with Crippen molar-refractivity contribution in [3.8, 4) is 0 Å². The number of nitrogens with zero attached hydrogens (tertiary/aromatic N) is 1. The highest BCUT2D eigenvalue weighted by atomic mass is 19.4. The molecule has 6 N–H and O–H groups in total. The largest absolute Gasteiger partial charge is 0.419 e. The minimum absolute atomic E-state index is 0.263. The van der Waals surface area contributed by atoms with E-state index in [1.165, 1.54) is 5.54 Å². The molecule has 0 radical (unpaired) electrons. The predicted molar refractivity (Wildman–Crippen MR) is 65.6 cm³/mol. The van der Waals surface area contributed by atoms with Crippen LogP contribution in [0.2, 0.25) is 0 Å². The van der Waals surface area contributed by atoms with Gasteiger partial charge in [0, 0.05) is 5.92 Å². The molecule has 0 spiro atoms. The molecule has 5 nitrogen and oxygen atoms in total. The fourth-order valence-corrected chi connectivity index (χ4v) is 2.77. The van der Waals surface area contributed by atoms with Crippen molar-refractivity contribution in [1.29, 1.82) is 0 Å². The van der Waals surface area contributed by atoms with E-state index >= 15 is 0 Å². The molecule has 0 atom stereocenters. The van der Waals surface area contributed by atoms with Gasteiger partial charge in [0.1, 0.15) is 5.57 Å². The van der Waals surface area contributed by atoms with Crippen molar-refractivity contribution in [1.82, 2.24) is 10.9 Å². The molecule has 0 aromatic rings. The van der Waals surface area contributed by atoms with E-state index in [0.29, 0.717) is 12.8 Å². The number of nitrogens with two attached hydrogens (primary N) is 2. The Morgan fingerprint density at radius 2 is 1.80 bits per heavy atom. The van der Waals surface area contributed by atoms with Crippen LogP contribution in [0, 0.1) is 5.92 Å². The van der Waals surface area contributed by atoms with Crippen LogP contribution >= 0.6 is 0 Å². The molecule has 9 heteroatoms. The van der Waals surface area contributed by atoms with Crippen LogP contribution in [0.3, 0.4) is 0 Å². The SMILES string of the molecule is NC1(N)NC(NF)=NC(C2CCCCC2)=C1C(F)(F)F. The predicted octanol–water partition coefficient (Wildman–Crippen LogP) is 1.39. The standard InChI is InChI=1S/C11H17F4N5/c12-10(13,14)8-7(6-4-2-1-3-5-6)18-9(20-15)19-11(8,16)17/h6H,1-5,16-17H2,(H2,18,19,20). The second-order valence-electron chi connectivity index (χ2n) is 5.14. The molecule has 1 aliphatic carbocycles. The summed E-state index contributed by atoms with van der Waals surface area (Å²) in [6.45, 7) is 0. The number of guanidine groups is 1. The topological polar surface area (TPSA) is 88.5 Å². The molecule has 1 saturated carbocycles. The van der Waals surface area contributed by atoms with Crippen LogP contribution < -0.4 is 22.3 Å². The summed E-state index contributed by atoms with van der Waals surface area (Å²) in [6, 6.07) is 0. The zero-order chi connectivity index (χ0) is 15.0. The van der Waals surface area contributed by atoms with E-state index in [9.17, 15) is 17.7 Å². The highest BCUT2D eigenvalue weighted by Crippen LogP contribution is 2.41. The zero-order valence-corrected chi connectivity index (χ0v) is 10.7. The van der Waals surface area contributed by atoms with E-state index in [2.05, 4.69) is 4.99 Å². The fourth-order valence-electron chi connectivity index (χ4n) is 2.77. The molecular formula is C11H17F4N5. The Morgan fingerprint density at radius 3 is 2.30 bits per heavy atom. The third kappa shape index (κ3) is 2.88. The molecule has 0 unspecified atom stereocenters. The van der Waals surface area contributed by atoms with Crippen LogP contribution in [0.1, 0.15) is 32.1 Å². The third-order valence-corrected chi connectivity index (χ3v) is 3.59.